The van der Waals surface area contributed by atoms with Crippen LogP contribution in [0.15, 0.2) is 18.0 Å². The molecule has 1 rings (SSSR count). The van der Waals surface area contributed by atoms with Crippen LogP contribution >= 0.6 is 11.3 Å². The second kappa shape index (κ2) is 5.05. The Morgan fingerprint density at radius 3 is 3.00 bits per heavy atom. The van der Waals surface area contributed by atoms with Crippen LogP contribution in [0.2, 0.25) is 0 Å². The van der Waals surface area contributed by atoms with Crippen molar-refractivity contribution in [1.82, 2.24) is 4.98 Å². The first-order valence-electron chi connectivity index (χ1n) is 4.72. The van der Waals surface area contributed by atoms with Gasteiger partial charge in [0.05, 0.1) is 5.01 Å². The molecule has 0 spiro atoms. The van der Waals surface area contributed by atoms with Crippen LogP contribution in [0.1, 0.15) is 35.3 Å². The number of aryl methyl sites for hydroxylation is 1. The van der Waals surface area contributed by atoms with Gasteiger partial charge in [0, 0.05) is 11.3 Å². The minimum absolute atomic E-state index is 0.0505. The fourth-order valence-corrected chi connectivity index (χ4v) is 1.83. The van der Waals surface area contributed by atoms with Crippen LogP contribution in [0.3, 0.4) is 0 Å². The lowest BCUT2D eigenvalue weighted by atomic mass is 9.99. The third kappa shape index (κ3) is 2.77. The number of hydrogen-bond acceptors (Lipinski definition) is 3. The highest BCUT2D eigenvalue weighted by Gasteiger charge is 2.16. The number of allylic oxidation sites excluding steroid dienone is 1. The van der Waals surface area contributed by atoms with Crippen LogP contribution in [0.5, 0.6) is 0 Å². The Bertz CT molecular complexity index is 330. The summed E-state index contributed by atoms with van der Waals surface area (Å²) in [6, 6.07) is 0. The Balaban J connectivity index is 2.60. The number of carbonyl (C=O) groups is 1. The predicted molar refractivity (Wildman–Crippen MR) is 59.8 cm³/mol. The normalized spacial score (nSPS) is 12.4. The molecular formula is C11H15NOS. The Morgan fingerprint density at radius 2 is 2.50 bits per heavy atom. The van der Waals surface area contributed by atoms with E-state index in [-0.39, 0.29) is 11.7 Å². The molecule has 0 bridgehead atoms. The molecule has 1 unspecified atom stereocenters. The minimum atomic E-state index is 0.0505. The van der Waals surface area contributed by atoms with Gasteiger partial charge in [-0.2, -0.15) is 0 Å². The maximum Gasteiger partial charge on any atom is 0.184 e. The third-order valence-corrected chi connectivity index (χ3v) is 2.90. The van der Waals surface area contributed by atoms with E-state index in [0.717, 1.165) is 17.8 Å². The SMILES string of the molecule is C=CCCC(C)C(=O)c1csc(C)n1. The maximum absolute atomic E-state index is 11.8. The molecule has 0 aliphatic rings. The summed E-state index contributed by atoms with van der Waals surface area (Å²) in [7, 11) is 0. The number of hydrogen-bond donors (Lipinski definition) is 0. The molecule has 0 N–H and O–H groups in total. The molecule has 0 radical (unpaired) electrons. The molecule has 0 aliphatic heterocycles. The molecule has 0 fully saturated rings. The smallest absolute Gasteiger partial charge is 0.184 e. The van der Waals surface area contributed by atoms with Crippen molar-refractivity contribution in [3.05, 3.63) is 28.7 Å². The molecule has 1 aromatic heterocycles. The maximum atomic E-state index is 11.8. The topological polar surface area (TPSA) is 30.0 Å². The van der Waals surface area contributed by atoms with Crippen molar-refractivity contribution in [2.24, 2.45) is 5.92 Å². The average molecular weight is 209 g/mol. The largest absolute Gasteiger partial charge is 0.292 e. The fraction of sp³-hybridized carbons (Fsp3) is 0.455. The third-order valence-electron chi connectivity index (χ3n) is 2.12. The van der Waals surface area contributed by atoms with Gasteiger partial charge in [0.25, 0.3) is 0 Å². The summed E-state index contributed by atoms with van der Waals surface area (Å²) in [5.41, 5.74) is 0.615. The summed E-state index contributed by atoms with van der Waals surface area (Å²) in [6.07, 6.45) is 3.59. The fourth-order valence-electron chi connectivity index (χ4n) is 1.23. The number of nitrogens with zero attached hydrogens (tertiary/aromatic N) is 1. The summed E-state index contributed by atoms with van der Waals surface area (Å²) in [5, 5.41) is 2.78. The van der Waals surface area contributed by atoms with Gasteiger partial charge in [0.15, 0.2) is 5.78 Å². The second-order valence-corrected chi connectivity index (χ2v) is 4.45. The van der Waals surface area contributed by atoms with Gasteiger partial charge in [0.2, 0.25) is 0 Å². The first kappa shape index (κ1) is 11.1. The molecule has 1 atom stereocenters. The van der Waals surface area contributed by atoms with Gasteiger partial charge in [-0.15, -0.1) is 17.9 Å². The van der Waals surface area contributed by atoms with Gasteiger partial charge in [-0.25, -0.2) is 4.98 Å². The van der Waals surface area contributed by atoms with Crippen LogP contribution in [-0.4, -0.2) is 10.8 Å². The van der Waals surface area contributed by atoms with E-state index >= 15 is 0 Å². The average Bonchev–Trinajstić information content (AvgIpc) is 2.60. The van der Waals surface area contributed by atoms with Crippen LogP contribution in [0.25, 0.3) is 0 Å². The number of rotatable bonds is 5. The summed E-state index contributed by atoms with van der Waals surface area (Å²) < 4.78 is 0. The van der Waals surface area contributed by atoms with E-state index in [1.165, 1.54) is 11.3 Å². The standard InChI is InChI=1S/C11H15NOS/c1-4-5-6-8(2)11(13)10-7-14-9(3)12-10/h4,7-8H,1,5-6H2,2-3H3. The van der Waals surface area contributed by atoms with E-state index < -0.39 is 0 Å². The van der Waals surface area contributed by atoms with E-state index in [2.05, 4.69) is 11.6 Å². The van der Waals surface area contributed by atoms with Crippen LogP contribution in [0, 0.1) is 12.8 Å². The Labute approximate surface area is 88.7 Å². The minimum Gasteiger partial charge on any atom is -0.292 e. The van der Waals surface area contributed by atoms with E-state index in [9.17, 15) is 4.79 Å². The molecule has 0 aromatic carbocycles. The van der Waals surface area contributed by atoms with Crippen LogP contribution in [0.4, 0.5) is 0 Å². The van der Waals surface area contributed by atoms with Crippen LogP contribution in [-0.2, 0) is 0 Å². The van der Waals surface area contributed by atoms with Gasteiger partial charge < -0.3 is 0 Å². The van der Waals surface area contributed by atoms with E-state index in [1.54, 1.807) is 0 Å². The lowest BCUT2D eigenvalue weighted by molar-refractivity contribution is 0.0920. The van der Waals surface area contributed by atoms with Crippen LogP contribution < -0.4 is 0 Å². The van der Waals surface area contributed by atoms with Crippen molar-refractivity contribution in [3.63, 3.8) is 0 Å². The molecule has 0 aliphatic carbocycles. The first-order valence-corrected chi connectivity index (χ1v) is 5.60. The van der Waals surface area contributed by atoms with Gasteiger partial charge in [-0.3, -0.25) is 4.79 Å². The monoisotopic (exact) mass is 209 g/mol. The summed E-state index contributed by atoms with van der Waals surface area (Å²) in [4.78, 5) is 16.0. The molecule has 76 valence electrons. The van der Waals surface area contributed by atoms with Crippen molar-refractivity contribution < 1.29 is 4.79 Å². The first-order chi connectivity index (χ1) is 6.65. The summed E-state index contributed by atoms with van der Waals surface area (Å²) in [5.74, 6) is 0.200. The van der Waals surface area contributed by atoms with Crippen molar-refractivity contribution in [3.8, 4) is 0 Å². The lowest BCUT2D eigenvalue weighted by Crippen LogP contribution is -2.11. The quantitative estimate of drug-likeness (QED) is 0.550. The summed E-state index contributed by atoms with van der Waals surface area (Å²) >= 11 is 1.52. The molecule has 2 nitrogen and oxygen atoms in total. The van der Waals surface area contributed by atoms with Crippen molar-refractivity contribution in [2.45, 2.75) is 26.7 Å². The van der Waals surface area contributed by atoms with Gasteiger partial charge in [0.1, 0.15) is 5.69 Å². The molecule has 1 aromatic rings. The second-order valence-electron chi connectivity index (χ2n) is 3.38. The molecule has 0 amide bonds. The summed E-state index contributed by atoms with van der Waals surface area (Å²) in [6.45, 7) is 7.50. The number of Topliss-reactive ketones (excluding diaryl/α,β-unsaturated/α-hetero) is 1. The Kier molecular flexibility index (Phi) is 4.01. The number of thiazole rings is 1. The van der Waals surface area contributed by atoms with E-state index in [1.807, 2.05) is 25.3 Å². The van der Waals surface area contributed by atoms with Crippen molar-refractivity contribution >= 4 is 17.1 Å². The Hall–Kier alpha value is -0.960. The zero-order chi connectivity index (χ0) is 10.6. The highest BCUT2D eigenvalue weighted by molar-refractivity contribution is 7.09. The zero-order valence-electron chi connectivity index (χ0n) is 8.62. The highest BCUT2D eigenvalue weighted by atomic mass is 32.1. The van der Waals surface area contributed by atoms with Gasteiger partial charge in [-0.05, 0) is 19.8 Å². The Morgan fingerprint density at radius 1 is 1.79 bits per heavy atom. The molecule has 3 heteroatoms. The lowest BCUT2D eigenvalue weighted by Gasteiger charge is -2.05. The highest BCUT2D eigenvalue weighted by Crippen LogP contribution is 2.16. The zero-order valence-corrected chi connectivity index (χ0v) is 9.43. The number of ketones is 1. The van der Waals surface area contributed by atoms with Gasteiger partial charge >= 0.3 is 0 Å². The van der Waals surface area contributed by atoms with E-state index in [0.29, 0.717) is 5.69 Å². The molecular weight excluding hydrogens is 194 g/mol. The van der Waals surface area contributed by atoms with Gasteiger partial charge in [-0.1, -0.05) is 13.0 Å². The molecule has 0 saturated heterocycles. The molecule has 1 heterocycles. The predicted octanol–water partition coefficient (Wildman–Crippen LogP) is 3.24. The molecule has 14 heavy (non-hydrogen) atoms. The number of carbonyl (C=O) groups excluding carboxylic acids is 1. The van der Waals surface area contributed by atoms with E-state index in [4.69, 9.17) is 0 Å². The van der Waals surface area contributed by atoms with Crippen molar-refractivity contribution in [1.29, 1.82) is 0 Å². The van der Waals surface area contributed by atoms with Crippen molar-refractivity contribution in [2.75, 3.05) is 0 Å². The molecule has 0 saturated carbocycles. The number of aromatic nitrogens is 1.